The van der Waals surface area contributed by atoms with Crippen molar-refractivity contribution in [1.29, 1.82) is 0 Å². The molecule has 8 heteroatoms. The second-order valence-electron chi connectivity index (χ2n) is 7.56. The zero-order valence-electron chi connectivity index (χ0n) is 19.2. The number of terminal acetylenes is 1. The van der Waals surface area contributed by atoms with Gasteiger partial charge in [0, 0.05) is 20.6 Å². The standard InChI is InChI=1S/C18H19N5O2S.C4H10.C2H2/c1-23(2)18(25)13-9-6-10-14(15(13)24)20-17-16(21-26-22-17)19-11-12-7-4-3-5-8-12;1-4(2)3;1-2/h3-10,24H,11H2,1-2H3,(H,19,21)(H,20,22);4H,1-3H3;1-2H. The van der Waals surface area contributed by atoms with Crippen molar-refractivity contribution in [3.05, 3.63) is 59.7 Å². The molecule has 32 heavy (non-hydrogen) atoms. The number of nitrogens with zero attached hydrogens (tertiary/aromatic N) is 3. The van der Waals surface area contributed by atoms with Gasteiger partial charge in [0.05, 0.1) is 23.0 Å². The third kappa shape index (κ3) is 8.28. The van der Waals surface area contributed by atoms with Crippen LogP contribution in [0.2, 0.25) is 0 Å². The maximum atomic E-state index is 12.1. The van der Waals surface area contributed by atoms with Crippen LogP contribution in [0.1, 0.15) is 36.7 Å². The van der Waals surface area contributed by atoms with Crippen LogP contribution in [-0.2, 0) is 6.54 Å². The van der Waals surface area contributed by atoms with E-state index in [4.69, 9.17) is 0 Å². The molecule has 2 aromatic carbocycles. The third-order valence-corrected chi connectivity index (χ3v) is 4.25. The van der Waals surface area contributed by atoms with E-state index in [1.165, 1.54) is 4.90 Å². The fourth-order valence-electron chi connectivity index (χ4n) is 2.35. The SMILES string of the molecule is C#C.CC(C)C.CN(C)C(=O)c1cccc(Nc2nsnc2NCc2ccccc2)c1O. The van der Waals surface area contributed by atoms with E-state index >= 15 is 0 Å². The Hall–Kier alpha value is -3.57. The van der Waals surface area contributed by atoms with Crippen molar-refractivity contribution in [2.24, 2.45) is 5.92 Å². The Balaban J connectivity index is 0.000000769. The molecular weight excluding hydrogens is 422 g/mol. The second-order valence-corrected chi connectivity index (χ2v) is 8.09. The van der Waals surface area contributed by atoms with Gasteiger partial charge in [0.15, 0.2) is 17.4 Å². The molecule has 0 saturated heterocycles. The minimum Gasteiger partial charge on any atom is -0.505 e. The van der Waals surface area contributed by atoms with Gasteiger partial charge < -0.3 is 20.6 Å². The van der Waals surface area contributed by atoms with Crippen LogP contribution in [0.5, 0.6) is 5.75 Å². The van der Waals surface area contributed by atoms with Gasteiger partial charge in [0.25, 0.3) is 5.91 Å². The smallest absolute Gasteiger partial charge is 0.257 e. The summed E-state index contributed by atoms with van der Waals surface area (Å²) in [6, 6.07) is 14.9. The summed E-state index contributed by atoms with van der Waals surface area (Å²) in [6.07, 6.45) is 8.00. The highest BCUT2D eigenvalue weighted by molar-refractivity contribution is 6.99. The quantitative estimate of drug-likeness (QED) is 0.350. The highest BCUT2D eigenvalue weighted by Gasteiger charge is 2.17. The number of aromatic hydroxyl groups is 1. The number of carbonyl (C=O) groups is 1. The molecule has 1 amide bonds. The van der Waals surface area contributed by atoms with E-state index in [-0.39, 0.29) is 17.2 Å². The number of phenolic OH excluding ortho intramolecular Hbond substituents is 1. The first-order valence-electron chi connectivity index (χ1n) is 10.0. The molecule has 1 aromatic heterocycles. The van der Waals surface area contributed by atoms with Crippen LogP contribution in [0.3, 0.4) is 0 Å². The Morgan fingerprint density at radius 1 is 1.03 bits per heavy atom. The summed E-state index contributed by atoms with van der Waals surface area (Å²) in [6.45, 7) is 7.10. The van der Waals surface area contributed by atoms with E-state index < -0.39 is 0 Å². The van der Waals surface area contributed by atoms with Crippen molar-refractivity contribution < 1.29 is 9.90 Å². The van der Waals surface area contributed by atoms with Gasteiger partial charge in [-0.1, -0.05) is 57.2 Å². The molecule has 3 N–H and O–H groups in total. The van der Waals surface area contributed by atoms with Crippen molar-refractivity contribution in [2.75, 3.05) is 24.7 Å². The molecule has 3 aromatic rings. The number of aromatic nitrogens is 2. The number of phenols is 1. The summed E-state index contributed by atoms with van der Waals surface area (Å²) in [7, 11) is 3.27. The number of hydrogen-bond donors (Lipinski definition) is 3. The molecular formula is C24H31N5O2S. The highest BCUT2D eigenvalue weighted by Crippen LogP contribution is 2.32. The lowest BCUT2D eigenvalue weighted by molar-refractivity contribution is 0.0824. The summed E-state index contributed by atoms with van der Waals surface area (Å²) in [5, 5.41) is 16.7. The fourth-order valence-corrected chi connectivity index (χ4v) is 2.84. The molecule has 0 saturated carbocycles. The van der Waals surface area contributed by atoms with Gasteiger partial charge in [-0.05, 0) is 23.6 Å². The normalized spacial score (nSPS) is 9.62. The summed E-state index contributed by atoms with van der Waals surface area (Å²) < 4.78 is 8.47. The maximum Gasteiger partial charge on any atom is 0.257 e. The van der Waals surface area contributed by atoms with Crippen molar-refractivity contribution >= 4 is 35.0 Å². The minimum atomic E-state index is -0.273. The number of rotatable bonds is 6. The van der Waals surface area contributed by atoms with Gasteiger partial charge in [-0.3, -0.25) is 4.79 Å². The van der Waals surface area contributed by atoms with Gasteiger partial charge in [0.1, 0.15) is 0 Å². The Morgan fingerprint density at radius 2 is 1.62 bits per heavy atom. The van der Waals surface area contributed by atoms with Gasteiger partial charge in [0.2, 0.25) is 0 Å². The molecule has 0 aliphatic carbocycles. The number of para-hydroxylation sites is 1. The lowest BCUT2D eigenvalue weighted by Gasteiger charge is -2.14. The van der Waals surface area contributed by atoms with Crippen molar-refractivity contribution in [2.45, 2.75) is 27.3 Å². The first kappa shape index (κ1) is 26.5. The van der Waals surface area contributed by atoms with Gasteiger partial charge in [-0.15, -0.1) is 12.8 Å². The van der Waals surface area contributed by atoms with Crippen molar-refractivity contribution in [3.63, 3.8) is 0 Å². The van der Waals surface area contributed by atoms with E-state index in [0.29, 0.717) is 23.9 Å². The first-order valence-corrected chi connectivity index (χ1v) is 10.8. The Labute approximate surface area is 194 Å². The summed E-state index contributed by atoms with van der Waals surface area (Å²) in [5.74, 6) is 1.52. The Morgan fingerprint density at radius 3 is 2.22 bits per heavy atom. The average molecular weight is 454 g/mol. The molecule has 1 heterocycles. The molecule has 0 spiro atoms. The molecule has 0 aliphatic heterocycles. The maximum absolute atomic E-state index is 12.1. The van der Waals surface area contributed by atoms with Gasteiger partial charge in [-0.25, -0.2) is 0 Å². The van der Waals surface area contributed by atoms with Crippen LogP contribution < -0.4 is 10.6 Å². The predicted molar refractivity (Wildman–Crippen MR) is 133 cm³/mol. The first-order chi connectivity index (χ1) is 15.3. The molecule has 170 valence electrons. The summed E-state index contributed by atoms with van der Waals surface area (Å²) in [5.41, 5.74) is 1.74. The van der Waals surface area contributed by atoms with E-state index in [0.717, 1.165) is 23.2 Å². The van der Waals surface area contributed by atoms with Crippen molar-refractivity contribution in [3.8, 4) is 18.6 Å². The topological polar surface area (TPSA) is 90.4 Å². The molecule has 0 unspecified atom stereocenters. The molecule has 3 rings (SSSR count). The molecule has 0 bridgehead atoms. The van der Waals surface area contributed by atoms with E-state index in [1.54, 1.807) is 32.3 Å². The monoisotopic (exact) mass is 453 g/mol. The van der Waals surface area contributed by atoms with E-state index in [1.807, 2.05) is 30.3 Å². The Bertz CT molecular complexity index is 982. The van der Waals surface area contributed by atoms with Crippen molar-refractivity contribution in [1.82, 2.24) is 13.6 Å². The average Bonchev–Trinajstić information content (AvgIpc) is 3.22. The number of amides is 1. The molecule has 0 fully saturated rings. The number of carbonyl (C=O) groups excluding carboxylic acids is 1. The molecule has 7 nitrogen and oxygen atoms in total. The van der Waals surface area contributed by atoms with E-state index in [2.05, 4.69) is 53.0 Å². The highest BCUT2D eigenvalue weighted by atomic mass is 32.1. The zero-order chi connectivity index (χ0) is 24.1. The number of benzene rings is 2. The second kappa shape index (κ2) is 13.7. The minimum absolute atomic E-state index is 0.117. The van der Waals surface area contributed by atoms with Crippen LogP contribution in [0.15, 0.2) is 48.5 Å². The van der Waals surface area contributed by atoms with Crippen LogP contribution in [0.25, 0.3) is 0 Å². The van der Waals surface area contributed by atoms with Gasteiger partial charge >= 0.3 is 0 Å². The zero-order valence-corrected chi connectivity index (χ0v) is 20.0. The third-order valence-electron chi connectivity index (χ3n) is 3.72. The summed E-state index contributed by atoms with van der Waals surface area (Å²) in [4.78, 5) is 13.6. The van der Waals surface area contributed by atoms with Gasteiger partial charge in [-0.2, -0.15) is 8.75 Å². The fraction of sp³-hybridized carbons (Fsp3) is 0.292. The number of hydrogen-bond acceptors (Lipinski definition) is 7. The molecule has 0 aliphatic rings. The van der Waals surface area contributed by atoms with Crippen LogP contribution in [-0.4, -0.2) is 38.8 Å². The van der Waals surface area contributed by atoms with Crippen LogP contribution in [0, 0.1) is 18.8 Å². The molecule has 0 atom stereocenters. The lowest BCUT2D eigenvalue weighted by atomic mass is 10.1. The summed E-state index contributed by atoms with van der Waals surface area (Å²) >= 11 is 1.06. The largest absolute Gasteiger partial charge is 0.505 e. The predicted octanol–water partition coefficient (Wildman–Crippen LogP) is 5.21. The number of anilines is 3. The van der Waals surface area contributed by atoms with Crippen LogP contribution in [0.4, 0.5) is 17.3 Å². The van der Waals surface area contributed by atoms with Crippen LogP contribution >= 0.6 is 11.7 Å². The molecule has 0 radical (unpaired) electrons. The Kier molecular flexibility index (Phi) is 11.3. The lowest BCUT2D eigenvalue weighted by Crippen LogP contribution is -2.21. The van der Waals surface area contributed by atoms with E-state index in [9.17, 15) is 9.90 Å². The number of nitrogens with one attached hydrogen (secondary N) is 2.